The fraction of sp³-hybridized carbons (Fsp3) is 0.625. The molecule has 1 saturated heterocycles. The third kappa shape index (κ3) is 5.49. The van der Waals surface area contributed by atoms with Crippen LogP contribution in [0.3, 0.4) is 0 Å². The molecule has 1 aromatic rings. The maximum Gasteiger partial charge on any atom is 0.157 e. The van der Waals surface area contributed by atoms with E-state index < -0.39 is 0 Å². The lowest BCUT2D eigenvalue weighted by Crippen LogP contribution is -2.22. The molecule has 0 saturated carbocycles. The van der Waals surface area contributed by atoms with Gasteiger partial charge in [0, 0.05) is 6.61 Å². The predicted octanol–water partition coefficient (Wildman–Crippen LogP) is 2.53. The number of ether oxygens (including phenoxy) is 3. The molecule has 1 aromatic carbocycles. The molecule has 1 aliphatic heterocycles. The summed E-state index contributed by atoms with van der Waals surface area (Å²) in [5.41, 5.74) is 1.27. The molecule has 0 aliphatic carbocycles. The lowest BCUT2D eigenvalue weighted by Gasteiger charge is -2.22. The summed E-state index contributed by atoms with van der Waals surface area (Å²) < 4.78 is 16.6. The minimum absolute atomic E-state index is 0.0120. The zero-order valence-electron chi connectivity index (χ0n) is 11.9. The fourth-order valence-corrected chi connectivity index (χ4v) is 2.25. The average molecular weight is 280 g/mol. The van der Waals surface area contributed by atoms with Gasteiger partial charge in [0.05, 0.1) is 13.2 Å². The second-order valence-electron chi connectivity index (χ2n) is 4.99. The highest BCUT2D eigenvalue weighted by molar-refractivity contribution is 5.27. The van der Waals surface area contributed by atoms with Gasteiger partial charge < -0.3 is 19.3 Å². The molecule has 1 heterocycles. The Bertz CT molecular complexity index is 357. The Hall–Kier alpha value is -1.10. The molecule has 4 nitrogen and oxygen atoms in total. The SMILES string of the molecule is OCCOc1ccc(CCCOC2CCCCO2)cc1. The summed E-state index contributed by atoms with van der Waals surface area (Å²) in [4.78, 5) is 0. The second kappa shape index (κ2) is 8.95. The second-order valence-corrected chi connectivity index (χ2v) is 4.99. The summed E-state index contributed by atoms with van der Waals surface area (Å²) in [6.07, 6.45) is 5.39. The summed E-state index contributed by atoms with van der Waals surface area (Å²) in [7, 11) is 0. The number of benzene rings is 1. The molecule has 1 N–H and O–H groups in total. The van der Waals surface area contributed by atoms with Gasteiger partial charge in [0.1, 0.15) is 12.4 Å². The Kier molecular flexibility index (Phi) is 6.84. The molecular formula is C16H24O4. The van der Waals surface area contributed by atoms with E-state index in [1.54, 1.807) is 0 Å². The Morgan fingerprint density at radius 2 is 2.00 bits per heavy atom. The first-order valence-corrected chi connectivity index (χ1v) is 7.44. The summed E-state index contributed by atoms with van der Waals surface area (Å²) in [6, 6.07) is 8.00. The Labute approximate surface area is 120 Å². The monoisotopic (exact) mass is 280 g/mol. The van der Waals surface area contributed by atoms with Crippen molar-refractivity contribution in [1.29, 1.82) is 0 Å². The van der Waals surface area contributed by atoms with Gasteiger partial charge in [-0.2, -0.15) is 0 Å². The van der Waals surface area contributed by atoms with Crippen molar-refractivity contribution in [1.82, 2.24) is 0 Å². The lowest BCUT2D eigenvalue weighted by molar-refractivity contribution is -0.162. The fourth-order valence-electron chi connectivity index (χ4n) is 2.25. The van der Waals surface area contributed by atoms with Crippen molar-refractivity contribution in [3.05, 3.63) is 29.8 Å². The summed E-state index contributed by atoms with van der Waals surface area (Å²) in [6.45, 7) is 1.96. The highest BCUT2D eigenvalue weighted by Crippen LogP contribution is 2.15. The molecule has 0 amide bonds. The van der Waals surface area contributed by atoms with Crippen molar-refractivity contribution in [2.45, 2.75) is 38.4 Å². The van der Waals surface area contributed by atoms with Crippen molar-refractivity contribution in [3.63, 3.8) is 0 Å². The van der Waals surface area contributed by atoms with E-state index in [9.17, 15) is 0 Å². The highest BCUT2D eigenvalue weighted by Gasteiger charge is 2.13. The highest BCUT2D eigenvalue weighted by atomic mass is 16.7. The average Bonchev–Trinajstić information content (AvgIpc) is 2.52. The summed E-state index contributed by atoms with van der Waals surface area (Å²) >= 11 is 0. The molecule has 1 aliphatic rings. The quantitative estimate of drug-likeness (QED) is 0.743. The van der Waals surface area contributed by atoms with E-state index in [2.05, 4.69) is 12.1 Å². The van der Waals surface area contributed by atoms with Crippen molar-refractivity contribution in [2.24, 2.45) is 0 Å². The number of aliphatic hydroxyl groups is 1. The number of rotatable bonds is 8. The van der Waals surface area contributed by atoms with E-state index in [0.717, 1.165) is 44.6 Å². The predicted molar refractivity (Wildman–Crippen MR) is 76.9 cm³/mol. The van der Waals surface area contributed by atoms with Gasteiger partial charge in [-0.25, -0.2) is 0 Å². The zero-order valence-corrected chi connectivity index (χ0v) is 11.9. The minimum Gasteiger partial charge on any atom is -0.491 e. The van der Waals surface area contributed by atoms with Gasteiger partial charge in [-0.15, -0.1) is 0 Å². The smallest absolute Gasteiger partial charge is 0.157 e. The molecule has 0 aromatic heterocycles. The van der Waals surface area contributed by atoms with Crippen LogP contribution >= 0.6 is 0 Å². The van der Waals surface area contributed by atoms with E-state index in [0.29, 0.717) is 6.61 Å². The van der Waals surface area contributed by atoms with Crippen LogP contribution in [-0.4, -0.2) is 37.8 Å². The van der Waals surface area contributed by atoms with Crippen LogP contribution in [0.2, 0.25) is 0 Å². The largest absolute Gasteiger partial charge is 0.491 e. The van der Waals surface area contributed by atoms with Crippen LogP contribution in [0.25, 0.3) is 0 Å². The summed E-state index contributed by atoms with van der Waals surface area (Å²) in [5, 5.41) is 8.68. The van der Waals surface area contributed by atoms with Crippen LogP contribution in [0.5, 0.6) is 5.75 Å². The molecule has 0 radical (unpaired) electrons. The Morgan fingerprint density at radius 1 is 1.15 bits per heavy atom. The van der Waals surface area contributed by atoms with Gasteiger partial charge in [-0.3, -0.25) is 0 Å². The molecule has 2 rings (SSSR count). The molecule has 0 spiro atoms. The van der Waals surface area contributed by atoms with Gasteiger partial charge >= 0.3 is 0 Å². The van der Waals surface area contributed by atoms with Crippen LogP contribution in [0, 0.1) is 0 Å². The van der Waals surface area contributed by atoms with Gasteiger partial charge in [0.15, 0.2) is 6.29 Å². The maximum atomic E-state index is 8.68. The van der Waals surface area contributed by atoms with Crippen molar-refractivity contribution >= 4 is 0 Å². The van der Waals surface area contributed by atoms with Gasteiger partial charge in [0.25, 0.3) is 0 Å². The summed E-state index contributed by atoms with van der Waals surface area (Å²) in [5.74, 6) is 0.801. The maximum absolute atomic E-state index is 8.68. The number of hydrogen-bond acceptors (Lipinski definition) is 4. The van der Waals surface area contributed by atoms with Crippen molar-refractivity contribution in [2.75, 3.05) is 26.4 Å². The lowest BCUT2D eigenvalue weighted by atomic mass is 10.1. The molecule has 4 heteroatoms. The number of aryl methyl sites for hydroxylation is 1. The Balaban J connectivity index is 1.61. The van der Waals surface area contributed by atoms with Gasteiger partial charge in [-0.05, 0) is 49.8 Å². The normalized spacial score (nSPS) is 18.9. The van der Waals surface area contributed by atoms with Crippen LogP contribution in [0.15, 0.2) is 24.3 Å². The molecular weight excluding hydrogens is 256 g/mol. The van der Waals surface area contributed by atoms with E-state index in [-0.39, 0.29) is 12.9 Å². The molecule has 1 fully saturated rings. The van der Waals surface area contributed by atoms with E-state index in [4.69, 9.17) is 19.3 Å². The Morgan fingerprint density at radius 3 is 2.70 bits per heavy atom. The van der Waals surface area contributed by atoms with Gasteiger partial charge in [0.2, 0.25) is 0 Å². The molecule has 1 unspecified atom stereocenters. The van der Waals surface area contributed by atoms with E-state index in [1.807, 2.05) is 12.1 Å². The van der Waals surface area contributed by atoms with E-state index >= 15 is 0 Å². The van der Waals surface area contributed by atoms with Crippen LogP contribution in [0.4, 0.5) is 0 Å². The van der Waals surface area contributed by atoms with E-state index in [1.165, 1.54) is 12.0 Å². The first-order chi connectivity index (χ1) is 9.88. The molecule has 1 atom stereocenters. The van der Waals surface area contributed by atoms with Gasteiger partial charge in [-0.1, -0.05) is 12.1 Å². The first kappa shape index (κ1) is 15.3. The topological polar surface area (TPSA) is 47.9 Å². The van der Waals surface area contributed by atoms with Crippen molar-refractivity contribution < 1.29 is 19.3 Å². The first-order valence-electron chi connectivity index (χ1n) is 7.44. The zero-order chi connectivity index (χ0) is 14.0. The number of aliphatic hydroxyl groups excluding tert-OH is 1. The number of hydrogen-bond donors (Lipinski definition) is 1. The third-order valence-corrected chi connectivity index (χ3v) is 3.33. The van der Waals surface area contributed by atoms with Crippen LogP contribution in [0.1, 0.15) is 31.2 Å². The van der Waals surface area contributed by atoms with Crippen LogP contribution < -0.4 is 4.74 Å². The van der Waals surface area contributed by atoms with Crippen LogP contribution in [-0.2, 0) is 15.9 Å². The molecule has 20 heavy (non-hydrogen) atoms. The molecule has 0 bridgehead atoms. The van der Waals surface area contributed by atoms with Crippen molar-refractivity contribution in [3.8, 4) is 5.75 Å². The third-order valence-electron chi connectivity index (χ3n) is 3.33. The minimum atomic E-state index is 0.0120. The molecule has 112 valence electrons. The standard InChI is InChI=1S/C16H24O4/c17-10-13-18-15-8-6-14(7-9-15)4-3-12-20-16-5-1-2-11-19-16/h6-9,16-17H,1-5,10-13H2.